The summed E-state index contributed by atoms with van der Waals surface area (Å²) in [5.41, 5.74) is 0. The molecule has 1 aliphatic rings. The first-order valence-electron chi connectivity index (χ1n) is 3.87. The molecular weight excluding hydrogens is 310 g/mol. The maximum Gasteiger partial charge on any atom is 0.343 e. The highest BCUT2D eigenvalue weighted by molar-refractivity contribution is 9.09. The fourth-order valence-electron chi connectivity index (χ4n) is 1.04. The molecule has 1 saturated heterocycles. The minimum atomic E-state index is -4.68. The summed E-state index contributed by atoms with van der Waals surface area (Å²) in [6, 6.07) is 0. The number of alkyl halides is 1. The molecule has 2 amide bonds. The van der Waals surface area contributed by atoms with E-state index in [1.807, 2.05) is 0 Å². The van der Waals surface area contributed by atoms with E-state index < -0.39 is 39.6 Å². The highest BCUT2D eigenvalue weighted by Gasteiger charge is 2.48. The lowest BCUT2D eigenvalue weighted by atomic mass is 10.4. The lowest BCUT2D eigenvalue weighted by Crippen LogP contribution is -2.36. The predicted molar refractivity (Wildman–Crippen MR) is 51.7 cm³/mol. The molecular formula is C6H6BrNO7S. The molecule has 0 aliphatic carbocycles. The van der Waals surface area contributed by atoms with Crippen LogP contribution in [0.5, 0.6) is 0 Å². The van der Waals surface area contributed by atoms with Gasteiger partial charge in [-0.25, -0.2) is 4.79 Å². The zero-order valence-electron chi connectivity index (χ0n) is 7.62. The number of rotatable bonds is 3. The van der Waals surface area contributed by atoms with Crippen LogP contribution in [0.4, 0.5) is 0 Å². The van der Waals surface area contributed by atoms with Crippen LogP contribution >= 0.6 is 15.9 Å². The summed E-state index contributed by atoms with van der Waals surface area (Å²) in [5, 5.41) is -2.12. The summed E-state index contributed by atoms with van der Waals surface area (Å²) < 4.78 is 30.0. The monoisotopic (exact) mass is 315 g/mol. The zero-order chi connectivity index (χ0) is 12.5. The number of carbonyl (C=O) groups is 3. The molecule has 8 nitrogen and oxygen atoms in total. The Balaban J connectivity index is 2.88. The van der Waals surface area contributed by atoms with Crippen LogP contribution in [0.15, 0.2) is 0 Å². The van der Waals surface area contributed by atoms with Crippen molar-refractivity contribution in [2.24, 2.45) is 0 Å². The van der Waals surface area contributed by atoms with Gasteiger partial charge in [0.05, 0.1) is 6.42 Å². The smallest absolute Gasteiger partial charge is 0.329 e. The third-order valence-electron chi connectivity index (χ3n) is 1.72. The molecule has 90 valence electrons. The van der Waals surface area contributed by atoms with Gasteiger partial charge in [-0.1, -0.05) is 15.9 Å². The highest BCUT2D eigenvalue weighted by Crippen LogP contribution is 2.19. The minimum absolute atomic E-state index is 0.0437. The molecule has 0 aromatic rings. The molecule has 1 N–H and O–H groups in total. The van der Waals surface area contributed by atoms with E-state index in [0.717, 1.165) is 0 Å². The molecule has 0 aromatic heterocycles. The van der Waals surface area contributed by atoms with Gasteiger partial charge in [-0.2, -0.15) is 8.42 Å². The van der Waals surface area contributed by atoms with Gasteiger partial charge in [0.1, 0.15) is 5.33 Å². The zero-order valence-corrected chi connectivity index (χ0v) is 10.0. The fraction of sp³-hybridized carbons (Fsp3) is 0.500. The summed E-state index contributed by atoms with van der Waals surface area (Å²) >= 11 is 2.73. The van der Waals surface area contributed by atoms with Gasteiger partial charge in [-0.15, -0.1) is 5.06 Å². The van der Waals surface area contributed by atoms with Crippen molar-refractivity contribution in [3.8, 4) is 0 Å². The van der Waals surface area contributed by atoms with Gasteiger partial charge in [0.25, 0.3) is 21.9 Å². The summed E-state index contributed by atoms with van der Waals surface area (Å²) in [4.78, 5) is 37.5. The molecule has 1 fully saturated rings. The average molecular weight is 316 g/mol. The van der Waals surface area contributed by atoms with Crippen molar-refractivity contribution >= 4 is 43.8 Å². The number of carbonyl (C=O) groups excluding carboxylic acids is 3. The highest BCUT2D eigenvalue weighted by atomic mass is 79.9. The van der Waals surface area contributed by atoms with Crippen LogP contribution in [0.1, 0.15) is 6.42 Å². The second-order valence-corrected chi connectivity index (χ2v) is 4.99. The first kappa shape index (κ1) is 13.1. The maximum atomic E-state index is 11.3. The van der Waals surface area contributed by atoms with Crippen LogP contribution in [0.3, 0.4) is 0 Å². The van der Waals surface area contributed by atoms with E-state index in [0.29, 0.717) is 0 Å². The van der Waals surface area contributed by atoms with E-state index in [1.165, 1.54) is 0 Å². The van der Waals surface area contributed by atoms with Crippen LogP contribution in [0, 0.1) is 0 Å². The first-order valence-corrected chi connectivity index (χ1v) is 6.49. The Hall–Kier alpha value is -1.00. The molecule has 1 unspecified atom stereocenters. The molecule has 10 heteroatoms. The van der Waals surface area contributed by atoms with Crippen LogP contribution < -0.4 is 0 Å². The van der Waals surface area contributed by atoms with E-state index >= 15 is 0 Å². The standard InChI is InChI=1S/C6H6BrNO7S/c7-2-5(10)15-8-4(9)1-3(6(8)11)16(12,13)14/h3H,1-2H2,(H,12,13,14). The van der Waals surface area contributed by atoms with Gasteiger partial charge in [-0.05, 0) is 0 Å². The summed E-state index contributed by atoms with van der Waals surface area (Å²) in [6.45, 7) is 0. The average Bonchev–Trinajstić information content (AvgIpc) is 2.44. The van der Waals surface area contributed by atoms with Crippen LogP contribution in [-0.2, 0) is 29.3 Å². The lowest BCUT2D eigenvalue weighted by Gasteiger charge is -2.11. The van der Waals surface area contributed by atoms with Crippen LogP contribution in [0.2, 0.25) is 0 Å². The van der Waals surface area contributed by atoms with E-state index in [9.17, 15) is 22.8 Å². The normalized spacial score (nSPS) is 21.4. The second kappa shape index (κ2) is 4.47. The molecule has 0 saturated carbocycles. The molecule has 1 heterocycles. The third-order valence-corrected chi connectivity index (χ3v) is 3.27. The first-order chi connectivity index (χ1) is 7.27. The minimum Gasteiger partial charge on any atom is -0.329 e. The molecule has 0 bridgehead atoms. The van der Waals surface area contributed by atoms with Crippen molar-refractivity contribution in [2.45, 2.75) is 11.7 Å². The van der Waals surface area contributed by atoms with Crippen molar-refractivity contribution in [3.63, 3.8) is 0 Å². The summed E-state index contributed by atoms with van der Waals surface area (Å²) in [7, 11) is -4.68. The number of nitrogens with zero attached hydrogens (tertiary/aromatic N) is 1. The number of imide groups is 1. The lowest BCUT2D eigenvalue weighted by molar-refractivity contribution is -0.195. The predicted octanol–water partition coefficient (Wildman–Crippen LogP) is -1.15. The molecule has 16 heavy (non-hydrogen) atoms. The van der Waals surface area contributed by atoms with Crippen molar-refractivity contribution in [1.29, 1.82) is 0 Å². The van der Waals surface area contributed by atoms with E-state index in [4.69, 9.17) is 4.55 Å². The Labute approximate surface area is 98.4 Å². The maximum absolute atomic E-state index is 11.3. The Bertz CT molecular complexity index is 444. The molecule has 1 rings (SSSR count). The SMILES string of the molecule is O=C(CBr)ON1C(=O)CC(S(=O)(=O)O)C1=O. The topological polar surface area (TPSA) is 118 Å². The van der Waals surface area contributed by atoms with Gasteiger partial charge in [0.2, 0.25) is 0 Å². The Morgan fingerprint density at radius 3 is 2.50 bits per heavy atom. The Morgan fingerprint density at radius 1 is 1.56 bits per heavy atom. The van der Waals surface area contributed by atoms with Gasteiger partial charge in [0.15, 0.2) is 5.25 Å². The molecule has 1 aliphatic heterocycles. The van der Waals surface area contributed by atoms with Crippen molar-refractivity contribution in [3.05, 3.63) is 0 Å². The van der Waals surface area contributed by atoms with Gasteiger partial charge in [0, 0.05) is 0 Å². The molecule has 0 aromatic carbocycles. The molecule has 1 atom stereocenters. The Kier molecular flexibility index (Phi) is 3.65. The van der Waals surface area contributed by atoms with Gasteiger partial charge < -0.3 is 4.84 Å². The number of hydroxylamine groups is 2. The molecule has 0 spiro atoms. The van der Waals surface area contributed by atoms with Crippen molar-refractivity contribution < 1.29 is 32.2 Å². The number of hydrogen-bond donors (Lipinski definition) is 1. The van der Waals surface area contributed by atoms with Gasteiger partial charge in [-0.3, -0.25) is 14.1 Å². The quantitative estimate of drug-likeness (QED) is 0.397. The number of hydrogen-bond acceptors (Lipinski definition) is 6. The van der Waals surface area contributed by atoms with Gasteiger partial charge >= 0.3 is 5.97 Å². The second-order valence-electron chi connectivity index (χ2n) is 2.83. The van der Waals surface area contributed by atoms with E-state index in [-0.39, 0.29) is 10.4 Å². The number of halogens is 1. The van der Waals surface area contributed by atoms with Crippen molar-refractivity contribution in [1.82, 2.24) is 5.06 Å². The summed E-state index contributed by atoms with van der Waals surface area (Å²) in [5.74, 6) is -3.21. The van der Waals surface area contributed by atoms with Crippen LogP contribution in [-0.4, -0.2) is 46.4 Å². The van der Waals surface area contributed by atoms with Crippen molar-refractivity contribution in [2.75, 3.05) is 5.33 Å². The van der Waals surface area contributed by atoms with Crippen LogP contribution in [0.25, 0.3) is 0 Å². The largest absolute Gasteiger partial charge is 0.343 e. The van der Waals surface area contributed by atoms with E-state index in [1.54, 1.807) is 0 Å². The summed E-state index contributed by atoms with van der Waals surface area (Å²) in [6.07, 6.45) is -0.743. The fourth-order valence-corrected chi connectivity index (χ4v) is 1.84. The number of amides is 2. The van der Waals surface area contributed by atoms with E-state index in [2.05, 4.69) is 20.8 Å². The Morgan fingerprint density at radius 2 is 2.12 bits per heavy atom. The molecule has 0 radical (unpaired) electrons. The third kappa shape index (κ3) is 2.57.